The molecule has 0 bridgehead atoms. The highest BCUT2D eigenvalue weighted by atomic mass is 16.6. The molecule has 1 aliphatic carbocycles. The molecule has 1 N–H and O–H groups in total. The summed E-state index contributed by atoms with van der Waals surface area (Å²) in [5.74, 6) is 0.689. The molecular weight excluding hydrogens is 372 g/mol. The maximum atomic E-state index is 11.3. The van der Waals surface area contributed by atoms with Crippen LogP contribution in [0.2, 0.25) is 0 Å². The number of rotatable bonds is 7. The van der Waals surface area contributed by atoms with Gasteiger partial charge in [-0.25, -0.2) is 0 Å². The van der Waals surface area contributed by atoms with Crippen LogP contribution < -0.4 is 5.32 Å². The smallest absolute Gasteiger partial charge is 0.269 e. The summed E-state index contributed by atoms with van der Waals surface area (Å²) in [4.78, 5) is 11.0. The van der Waals surface area contributed by atoms with Crippen molar-refractivity contribution in [1.82, 2.24) is 0 Å². The lowest BCUT2D eigenvalue weighted by Crippen LogP contribution is -2.05. The van der Waals surface area contributed by atoms with Crippen molar-refractivity contribution in [2.45, 2.75) is 51.0 Å². The van der Waals surface area contributed by atoms with Gasteiger partial charge in [-0.3, -0.25) is 10.1 Å². The number of nitrogens with zero attached hydrogens (tertiary/aromatic N) is 1. The Hall–Kier alpha value is -3.14. The summed E-state index contributed by atoms with van der Waals surface area (Å²) in [6.07, 6.45) is 7.27. The minimum absolute atomic E-state index is 0.133. The lowest BCUT2D eigenvalue weighted by molar-refractivity contribution is -0.384. The fraction of sp³-hybridized carbons (Fsp3) is 0.308. The van der Waals surface area contributed by atoms with Crippen LogP contribution in [-0.2, 0) is 13.0 Å². The average Bonchev–Trinajstić information content (AvgIpc) is 2.80. The Morgan fingerprint density at radius 3 is 2.30 bits per heavy atom. The third-order valence-electron chi connectivity index (χ3n) is 6.08. The Morgan fingerprint density at radius 2 is 1.60 bits per heavy atom. The number of benzene rings is 3. The van der Waals surface area contributed by atoms with Gasteiger partial charge in [-0.1, -0.05) is 73.9 Å². The van der Waals surface area contributed by atoms with Gasteiger partial charge >= 0.3 is 0 Å². The number of nitro groups is 1. The largest absolute Gasteiger partial charge is 0.381 e. The molecule has 1 fully saturated rings. The number of hydrogen-bond donors (Lipinski definition) is 1. The average molecular weight is 401 g/mol. The third-order valence-corrected chi connectivity index (χ3v) is 6.08. The van der Waals surface area contributed by atoms with Crippen molar-refractivity contribution in [1.29, 1.82) is 0 Å². The van der Waals surface area contributed by atoms with Crippen LogP contribution in [0.1, 0.15) is 60.3 Å². The van der Waals surface area contributed by atoms with Crippen molar-refractivity contribution in [3.8, 4) is 0 Å². The van der Waals surface area contributed by atoms with E-state index in [1.165, 1.54) is 48.8 Å². The minimum Gasteiger partial charge on any atom is -0.381 e. The minimum atomic E-state index is -0.323. The molecule has 0 amide bonds. The first-order valence-electron chi connectivity index (χ1n) is 10.8. The van der Waals surface area contributed by atoms with Crippen LogP contribution in [0.15, 0.2) is 72.8 Å². The monoisotopic (exact) mass is 400 g/mol. The van der Waals surface area contributed by atoms with Crippen LogP contribution in [0.3, 0.4) is 0 Å². The molecule has 0 heterocycles. The fourth-order valence-electron chi connectivity index (χ4n) is 4.37. The molecule has 1 aliphatic rings. The van der Waals surface area contributed by atoms with Crippen LogP contribution >= 0.6 is 0 Å². The van der Waals surface area contributed by atoms with Crippen LogP contribution in [0.4, 0.5) is 11.4 Å². The molecule has 4 heteroatoms. The van der Waals surface area contributed by atoms with Crippen molar-refractivity contribution in [3.05, 3.63) is 105 Å². The molecule has 0 radical (unpaired) electrons. The molecule has 30 heavy (non-hydrogen) atoms. The van der Waals surface area contributed by atoms with Gasteiger partial charge in [-0.05, 0) is 53.5 Å². The summed E-state index contributed by atoms with van der Waals surface area (Å²) < 4.78 is 0. The number of nitro benzene ring substituents is 1. The predicted molar refractivity (Wildman–Crippen MR) is 122 cm³/mol. The third kappa shape index (κ3) is 5.07. The lowest BCUT2D eigenvalue weighted by Gasteiger charge is -2.22. The molecule has 0 aliphatic heterocycles. The van der Waals surface area contributed by atoms with E-state index >= 15 is 0 Å². The molecule has 3 aromatic carbocycles. The summed E-state index contributed by atoms with van der Waals surface area (Å²) in [5.41, 5.74) is 5.82. The predicted octanol–water partition coefficient (Wildman–Crippen LogP) is 6.85. The highest BCUT2D eigenvalue weighted by molar-refractivity contribution is 5.57. The molecule has 154 valence electrons. The zero-order valence-electron chi connectivity index (χ0n) is 17.2. The Kier molecular flexibility index (Phi) is 6.43. The van der Waals surface area contributed by atoms with Gasteiger partial charge in [0, 0.05) is 24.4 Å². The van der Waals surface area contributed by atoms with E-state index in [4.69, 9.17) is 0 Å². The van der Waals surface area contributed by atoms with E-state index in [1.807, 2.05) is 24.3 Å². The zero-order chi connectivity index (χ0) is 20.8. The van der Waals surface area contributed by atoms with Gasteiger partial charge in [0.05, 0.1) is 4.92 Å². The standard InChI is InChI=1S/C26H28N2O2/c29-28(30)25-15-16-26(27-19-21-7-3-1-4-8-21)24(18-25)17-20-11-13-23(14-12-20)22-9-5-2-6-10-22/h1,3-4,7-8,11-16,18,22,27H,2,5-6,9-10,17,19H2. The Labute approximate surface area is 178 Å². The molecular formula is C26H28N2O2. The van der Waals surface area contributed by atoms with Crippen molar-refractivity contribution in [2.24, 2.45) is 0 Å². The van der Waals surface area contributed by atoms with E-state index in [0.29, 0.717) is 18.9 Å². The van der Waals surface area contributed by atoms with Crippen molar-refractivity contribution in [2.75, 3.05) is 5.32 Å². The van der Waals surface area contributed by atoms with E-state index < -0.39 is 0 Å². The van der Waals surface area contributed by atoms with Crippen molar-refractivity contribution < 1.29 is 4.92 Å². The summed E-state index contributed by atoms with van der Waals surface area (Å²) in [6, 6.07) is 24.1. The van der Waals surface area contributed by atoms with Gasteiger partial charge in [0.15, 0.2) is 0 Å². The van der Waals surface area contributed by atoms with Gasteiger partial charge in [0.25, 0.3) is 5.69 Å². The Bertz CT molecular complexity index is 978. The molecule has 0 aromatic heterocycles. The Morgan fingerprint density at radius 1 is 0.867 bits per heavy atom. The Balaban J connectivity index is 1.52. The number of anilines is 1. The SMILES string of the molecule is O=[N+]([O-])c1ccc(NCc2ccccc2)c(Cc2ccc(C3CCCCC3)cc2)c1. The van der Waals surface area contributed by atoms with Gasteiger partial charge < -0.3 is 5.32 Å². The normalized spacial score (nSPS) is 14.4. The van der Waals surface area contributed by atoms with E-state index in [1.54, 1.807) is 12.1 Å². The first-order chi connectivity index (χ1) is 14.7. The number of hydrogen-bond acceptors (Lipinski definition) is 3. The molecule has 0 unspecified atom stereocenters. The molecule has 4 nitrogen and oxygen atoms in total. The highest BCUT2D eigenvalue weighted by Crippen LogP contribution is 2.33. The van der Waals surface area contributed by atoms with Gasteiger partial charge in [-0.15, -0.1) is 0 Å². The second-order valence-corrected chi connectivity index (χ2v) is 8.19. The molecule has 0 saturated heterocycles. The van der Waals surface area contributed by atoms with Crippen molar-refractivity contribution >= 4 is 11.4 Å². The van der Waals surface area contributed by atoms with E-state index in [9.17, 15) is 10.1 Å². The number of nitrogens with one attached hydrogen (secondary N) is 1. The maximum absolute atomic E-state index is 11.3. The summed E-state index contributed by atoms with van der Waals surface area (Å²) >= 11 is 0. The molecule has 3 aromatic rings. The van der Waals surface area contributed by atoms with Gasteiger partial charge in [0.2, 0.25) is 0 Å². The van der Waals surface area contributed by atoms with Gasteiger partial charge in [-0.2, -0.15) is 0 Å². The van der Waals surface area contributed by atoms with Gasteiger partial charge in [0.1, 0.15) is 0 Å². The number of non-ortho nitro benzene ring substituents is 1. The first-order valence-corrected chi connectivity index (χ1v) is 10.8. The maximum Gasteiger partial charge on any atom is 0.269 e. The second kappa shape index (κ2) is 9.57. The summed E-state index contributed by atoms with van der Waals surface area (Å²) in [6.45, 7) is 0.687. The molecule has 0 spiro atoms. The van der Waals surface area contributed by atoms with Crippen LogP contribution in [0.25, 0.3) is 0 Å². The fourth-order valence-corrected chi connectivity index (χ4v) is 4.37. The zero-order valence-corrected chi connectivity index (χ0v) is 17.2. The van der Waals surface area contributed by atoms with E-state index in [0.717, 1.165) is 11.3 Å². The molecule has 4 rings (SSSR count). The second-order valence-electron chi connectivity index (χ2n) is 8.19. The van der Waals surface area contributed by atoms with Crippen LogP contribution in [-0.4, -0.2) is 4.92 Å². The van der Waals surface area contributed by atoms with E-state index in [-0.39, 0.29) is 10.6 Å². The lowest BCUT2D eigenvalue weighted by atomic mass is 9.84. The van der Waals surface area contributed by atoms with Crippen LogP contribution in [0, 0.1) is 10.1 Å². The summed E-state index contributed by atoms with van der Waals surface area (Å²) in [7, 11) is 0. The summed E-state index contributed by atoms with van der Waals surface area (Å²) in [5, 5.41) is 14.8. The topological polar surface area (TPSA) is 55.2 Å². The molecule has 1 saturated carbocycles. The van der Waals surface area contributed by atoms with Crippen molar-refractivity contribution in [3.63, 3.8) is 0 Å². The molecule has 0 atom stereocenters. The quantitative estimate of drug-likeness (QED) is 0.349. The van der Waals surface area contributed by atoms with Crippen LogP contribution in [0.5, 0.6) is 0 Å². The highest BCUT2D eigenvalue weighted by Gasteiger charge is 2.16. The first kappa shape index (κ1) is 20.1. The van der Waals surface area contributed by atoms with E-state index in [2.05, 4.69) is 41.7 Å².